The highest BCUT2D eigenvalue weighted by Gasteiger charge is 2.27. The van der Waals surface area contributed by atoms with Crippen molar-refractivity contribution < 1.29 is 4.79 Å². The molecule has 0 bridgehead atoms. The van der Waals surface area contributed by atoms with E-state index in [-0.39, 0.29) is 5.91 Å². The SMILES string of the molecule is CNc1nc(N)c(C(=O)N2CCC(C(C)C)CC2)s1. The summed E-state index contributed by atoms with van der Waals surface area (Å²) >= 11 is 1.33. The number of thiazole rings is 1. The van der Waals surface area contributed by atoms with E-state index < -0.39 is 0 Å². The molecule has 0 saturated carbocycles. The van der Waals surface area contributed by atoms with Gasteiger partial charge in [-0.05, 0) is 24.7 Å². The Morgan fingerprint density at radius 1 is 1.47 bits per heavy atom. The fourth-order valence-electron chi connectivity index (χ4n) is 2.50. The minimum atomic E-state index is 0.0266. The van der Waals surface area contributed by atoms with E-state index in [0.717, 1.165) is 31.8 Å². The fourth-order valence-corrected chi connectivity index (χ4v) is 3.31. The Kier molecular flexibility index (Phi) is 4.29. The van der Waals surface area contributed by atoms with Gasteiger partial charge in [0.15, 0.2) is 5.13 Å². The smallest absolute Gasteiger partial charge is 0.267 e. The van der Waals surface area contributed by atoms with Crippen LogP contribution in [-0.2, 0) is 0 Å². The number of aromatic nitrogens is 1. The molecule has 19 heavy (non-hydrogen) atoms. The zero-order valence-corrected chi connectivity index (χ0v) is 12.6. The maximum atomic E-state index is 12.4. The van der Waals surface area contributed by atoms with Crippen LogP contribution in [0.5, 0.6) is 0 Å². The van der Waals surface area contributed by atoms with Gasteiger partial charge < -0.3 is 16.0 Å². The highest BCUT2D eigenvalue weighted by Crippen LogP contribution is 2.29. The summed E-state index contributed by atoms with van der Waals surface area (Å²) in [6.45, 7) is 6.16. The molecule has 0 aliphatic carbocycles. The molecule has 106 valence electrons. The number of likely N-dealkylation sites (tertiary alicyclic amines) is 1. The molecule has 2 heterocycles. The number of carbonyl (C=O) groups is 1. The molecule has 3 N–H and O–H groups in total. The number of hydrogen-bond acceptors (Lipinski definition) is 5. The van der Waals surface area contributed by atoms with Crippen LogP contribution in [0.15, 0.2) is 0 Å². The first kappa shape index (κ1) is 14.1. The highest BCUT2D eigenvalue weighted by molar-refractivity contribution is 7.18. The van der Waals surface area contributed by atoms with Crippen molar-refractivity contribution in [1.29, 1.82) is 0 Å². The van der Waals surface area contributed by atoms with E-state index in [2.05, 4.69) is 24.1 Å². The molecule has 1 aromatic rings. The number of carbonyl (C=O) groups excluding carboxylic acids is 1. The molecule has 0 spiro atoms. The van der Waals surface area contributed by atoms with E-state index in [4.69, 9.17) is 5.73 Å². The molecule has 1 aromatic heterocycles. The van der Waals surface area contributed by atoms with Crippen LogP contribution >= 0.6 is 11.3 Å². The summed E-state index contributed by atoms with van der Waals surface area (Å²) in [6.07, 6.45) is 2.17. The Bertz CT molecular complexity index is 449. The Labute approximate surface area is 118 Å². The second-order valence-electron chi connectivity index (χ2n) is 5.36. The van der Waals surface area contributed by atoms with Gasteiger partial charge in [-0.25, -0.2) is 4.98 Å². The molecule has 0 atom stereocenters. The summed E-state index contributed by atoms with van der Waals surface area (Å²) < 4.78 is 0. The molecule has 0 aromatic carbocycles. The summed E-state index contributed by atoms with van der Waals surface area (Å²) in [5.74, 6) is 1.79. The molecule has 1 fully saturated rings. The summed E-state index contributed by atoms with van der Waals surface area (Å²) in [7, 11) is 1.78. The van der Waals surface area contributed by atoms with Crippen molar-refractivity contribution in [2.24, 2.45) is 11.8 Å². The zero-order valence-electron chi connectivity index (χ0n) is 11.8. The minimum Gasteiger partial charge on any atom is -0.382 e. The van der Waals surface area contributed by atoms with Gasteiger partial charge in [0.1, 0.15) is 10.7 Å². The zero-order chi connectivity index (χ0) is 14.0. The number of nitrogens with one attached hydrogen (secondary N) is 1. The Morgan fingerprint density at radius 3 is 2.58 bits per heavy atom. The first-order valence-corrected chi connectivity index (χ1v) is 7.58. The van der Waals surface area contributed by atoms with E-state index in [0.29, 0.717) is 21.7 Å². The van der Waals surface area contributed by atoms with Crippen LogP contribution in [0.3, 0.4) is 0 Å². The van der Waals surface area contributed by atoms with Crippen LogP contribution in [0.25, 0.3) is 0 Å². The number of piperidine rings is 1. The van der Waals surface area contributed by atoms with Crippen LogP contribution in [0, 0.1) is 11.8 Å². The molecule has 1 aliphatic heterocycles. The van der Waals surface area contributed by atoms with Gasteiger partial charge in [-0.1, -0.05) is 25.2 Å². The average molecular weight is 282 g/mol. The second kappa shape index (κ2) is 5.77. The van der Waals surface area contributed by atoms with Gasteiger partial charge >= 0.3 is 0 Å². The van der Waals surface area contributed by atoms with E-state index in [1.165, 1.54) is 11.3 Å². The Hall–Kier alpha value is -1.30. The van der Waals surface area contributed by atoms with E-state index in [1.807, 2.05) is 4.90 Å². The monoisotopic (exact) mass is 282 g/mol. The molecule has 2 rings (SSSR count). The molecular formula is C13H22N4OS. The average Bonchev–Trinajstić information content (AvgIpc) is 2.79. The standard InChI is InChI=1S/C13H22N4OS/c1-8(2)9-4-6-17(7-5-9)12(18)10-11(14)16-13(15-3)19-10/h8-9H,4-7,14H2,1-3H3,(H,15,16). The fraction of sp³-hybridized carbons (Fsp3) is 0.692. The van der Waals surface area contributed by atoms with E-state index >= 15 is 0 Å². The number of nitrogens with two attached hydrogens (primary N) is 1. The lowest BCUT2D eigenvalue weighted by atomic mass is 9.87. The summed E-state index contributed by atoms with van der Waals surface area (Å²) in [5, 5.41) is 3.62. The molecule has 0 radical (unpaired) electrons. The summed E-state index contributed by atoms with van der Waals surface area (Å²) in [4.78, 5) is 19.0. The molecule has 1 amide bonds. The van der Waals surface area contributed by atoms with Crippen molar-refractivity contribution in [2.45, 2.75) is 26.7 Å². The molecule has 5 nitrogen and oxygen atoms in total. The summed E-state index contributed by atoms with van der Waals surface area (Å²) in [5.41, 5.74) is 5.81. The quantitative estimate of drug-likeness (QED) is 0.892. The third-order valence-corrected chi connectivity index (χ3v) is 4.91. The second-order valence-corrected chi connectivity index (χ2v) is 6.36. The number of nitrogens with zero attached hydrogens (tertiary/aromatic N) is 2. The van der Waals surface area contributed by atoms with Crippen molar-refractivity contribution in [3.05, 3.63) is 4.88 Å². The van der Waals surface area contributed by atoms with Crippen LogP contribution < -0.4 is 11.1 Å². The van der Waals surface area contributed by atoms with Gasteiger partial charge in [0.05, 0.1) is 0 Å². The van der Waals surface area contributed by atoms with E-state index in [1.54, 1.807) is 7.05 Å². The number of anilines is 2. The third kappa shape index (κ3) is 3.00. The van der Waals surface area contributed by atoms with Gasteiger partial charge in [0, 0.05) is 20.1 Å². The Morgan fingerprint density at radius 2 is 2.11 bits per heavy atom. The third-order valence-electron chi connectivity index (χ3n) is 3.83. The van der Waals surface area contributed by atoms with Gasteiger partial charge in [0.25, 0.3) is 5.91 Å². The first-order valence-electron chi connectivity index (χ1n) is 6.76. The lowest BCUT2D eigenvalue weighted by Gasteiger charge is -2.33. The molecule has 6 heteroatoms. The van der Waals surface area contributed by atoms with Gasteiger partial charge in [-0.2, -0.15) is 0 Å². The molecule has 0 unspecified atom stereocenters. The normalized spacial score (nSPS) is 16.9. The number of hydrogen-bond donors (Lipinski definition) is 2. The number of amides is 1. The lowest BCUT2D eigenvalue weighted by molar-refractivity contribution is 0.0673. The van der Waals surface area contributed by atoms with Gasteiger partial charge in [-0.3, -0.25) is 4.79 Å². The summed E-state index contributed by atoms with van der Waals surface area (Å²) in [6, 6.07) is 0. The van der Waals surface area contributed by atoms with Crippen LogP contribution in [0.4, 0.5) is 10.9 Å². The maximum Gasteiger partial charge on any atom is 0.267 e. The van der Waals surface area contributed by atoms with Crippen molar-refractivity contribution in [2.75, 3.05) is 31.2 Å². The molecule has 1 saturated heterocycles. The minimum absolute atomic E-state index is 0.0266. The van der Waals surface area contributed by atoms with Crippen LogP contribution in [-0.4, -0.2) is 35.9 Å². The van der Waals surface area contributed by atoms with Crippen molar-refractivity contribution in [3.63, 3.8) is 0 Å². The lowest BCUT2D eigenvalue weighted by Crippen LogP contribution is -2.39. The van der Waals surface area contributed by atoms with Crippen molar-refractivity contribution in [3.8, 4) is 0 Å². The van der Waals surface area contributed by atoms with Crippen LogP contribution in [0.1, 0.15) is 36.4 Å². The largest absolute Gasteiger partial charge is 0.382 e. The highest BCUT2D eigenvalue weighted by atomic mass is 32.1. The first-order chi connectivity index (χ1) is 9.02. The van der Waals surface area contributed by atoms with Gasteiger partial charge in [-0.15, -0.1) is 0 Å². The number of rotatable bonds is 3. The molecular weight excluding hydrogens is 260 g/mol. The van der Waals surface area contributed by atoms with Gasteiger partial charge in [0.2, 0.25) is 0 Å². The van der Waals surface area contributed by atoms with E-state index in [9.17, 15) is 4.79 Å². The Balaban J connectivity index is 2.03. The van der Waals surface area contributed by atoms with Crippen LogP contribution in [0.2, 0.25) is 0 Å². The maximum absolute atomic E-state index is 12.4. The molecule has 1 aliphatic rings. The van der Waals surface area contributed by atoms with Crippen molar-refractivity contribution >= 4 is 28.2 Å². The number of nitrogen functional groups attached to an aromatic ring is 1. The van der Waals surface area contributed by atoms with Crippen molar-refractivity contribution in [1.82, 2.24) is 9.88 Å². The predicted octanol–water partition coefficient (Wildman–Crippen LogP) is 2.28. The topological polar surface area (TPSA) is 71.2 Å². The predicted molar refractivity (Wildman–Crippen MR) is 79.5 cm³/mol.